The standard InChI is InChI=1S/C8H5N3/c9-5-7-6-11-4-2-1-3-8(11)10-7/h1-4,6H. The molecule has 0 aromatic carbocycles. The summed E-state index contributed by atoms with van der Waals surface area (Å²) in [5.74, 6) is 0. The summed E-state index contributed by atoms with van der Waals surface area (Å²) in [6, 6.07) is 7.64. The lowest BCUT2D eigenvalue weighted by Gasteiger charge is -1.86. The van der Waals surface area contributed by atoms with E-state index in [9.17, 15) is 0 Å². The lowest BCUT2D eigenvalue weighted by Crippen LogP contribution is -1.77. The molecule has 0 saturated carbocycles. The first-order valence-corrected chi connectivity index (χ1v) is 3.24. The zero-order valence-corrected chi connectivity index (χ0v) is 5.73. The second-order valence-corrected chi connectivity index (χ2v) is 2.20. The summed E-state index contributed by atoms with van der Waals surface area (Å²) in [4.78, 5) is 4.03. The van der Waals surface area contributed by atoms with E-state index in [1.807, 2.05) is 34.9 Å². The van der Waals surface area contributed by atoms with E-state index in [1.165, 1.54) is 0 Å². The van der Waals surface area contributed by atoms with Crippen LogP contribution < -0.4 is 0 Å². The lowest BCUT2D eigenvalue weighted by atomic mass is 10.5. The van der Waals surface area contributed by atoms with E-state index in [-0.39, 0.29) is 0 Å². The van der Waals surface area contributed by atoms with Gasteiger partial charge in [-0.05, 0) is 12.1 Å². The number of nitrogens with zero attached hydrogens (tertiary/aromatic N) is 3. The summed E-state index contributed by atoms with van der Waals surface area (Å²) >= 11 is 0. The Hall–Kier alpha value is -1.82. The SMILES string of the molecule is N#Cc1cn2ccccc2n1. The summed E-state index contributed by atoms with van der Waals surface area (Å²) in [5.41, 5.74) is 1.26. The highest BCUT2D eigenvalue weighted by Gasteiger charge is 1.96. The summed E-state index contributed by atoms with van der Waals surface area (Å²) in [7, 11) is 0. The average molecular weight is 143 g/mol. The Morgan fingerprint density at radius 1 is 1.45 bits per heavy atom. The zero-order valence-electron chi connectivity index (χ0n) is 5.73. The number of rotatable bonds is 0. The van der Waals surface area contributed by atoms with Crippen LogP contribution in [0.1, 0.15) is 5.69 Å². The van der Waals surface area contributed by atoms with Gasteiger partial charge in [0.05, 0.1) is 0 Å². The van der Waals surface area contributed by atoms with E-state index >= 15 is 0 Å². The quantitative estimate of drug-likeness (QED) is 0.556. The van der Waals surface area contributed by atoms with E-state index < -0.39 is 0 Å². The third-order valence-corrected chi connectivity index (χ3v) is 1.48. The molecule has 52 valence electrons. The highest BCUT2D eigenvalue weighted by atomic mass is 15.0. The van der Waals surface area contributed by atoms with Gasteiger partial charge in [0.15, 0.2) is 5.69 Å². The number of nitriles is 1. The van der Waals surface area contributed by atoms with Gasteiger partial charge in [0.2, 0.25) is 0 Å². The van der Waals surface area contributed by atoms with Crippen molar-refractivity contribution in [3.05, 3.63) is 36.3 Å². The minimum atomic E-state index is 0.455. The first-order chi connectivity index (χ1) is 5.40. The molecule has 0 fully saturated rings. The molecule has 0 aliphatic carbocycles. The minimum Gasteiger partial charge on any atom is -0.306 e. The number of pyridine rings is 1. The van der Waals surface area contributed by atoms with Crippen molar-refractivity contribution in [2.75, 3.05) is 0 Å². The molecule has 2 aromatic rings. The summed E-state index contributed by atoms with van der Waals surface area (Å²) in [6.45, 7) is 0. The van der Waals surface area contributed by atoms with Crippen LogP contribution in [0.2, 0.25) is 0 Å². The molecule has 2 heterocycles. The van der Waals surface area contributed by atoms with Crippen LogP contribution in [0.5, 0.6) is 0 Å². The maximum Gasteiger partial charge on any atom is 0.159 e. The Kier molecular flexibility index (Phi) is 1.13. The number of fused-ring (bicyclic) bond motifs is 1. The van der Waals surface area contributed by atoms with E-state index in [0.29, 0.717) is 5.69 Å². The Labute approximate surface area is 63.5 Å². The Morgan fingerprint density at radius 2 is 2.36 bits per heavy atom. The van der Waals surface area contributed by atoms with Gasteiger partial charge < -0.3 is 4.40 Å². The van der Waals surface area contributed by atoms with Gasteiger partial charge in [-0.3, -0.25) is 0 Å². The first-order valence-electron chi connectivity index (χ1n) is 3.24. The number of hydrogen-bond donors (Lipinski definition) is 0. The topological polar surface area (TPSA) is 41.1 Å². The Bertz CT molecular complexity index is 389. The fourth-order valence-electron chi connectivity index (χ4n) is 0.989. The Balaban J connectivity index is 2.81. The molecular weight excluding hydrogens is 138 g/mol. The molecule has 0 aliphatic heterocycles. The van der Waals surface area contributed by atoms with E-state index in [4.69, 9.17) is 5.26 Å². The van der Waals surface area contributed by atoms with Gasteiger partial charge in [0, 0.05) is 12.4 Å². The summed E-state index contributed by atoms with van der Waals surface area (Å²) in [6.07, 6.45) is 3.57. The van der Waals surface area contributed by atoms with Crippen molar-refractivity contribution in [3.63, 3.8) is 0 Å². The van der Waals surface area contributed by atoms with Gasteiger partial charge in [-0.1, -0.05) is 6.07 Å². The van der Waals surface area contributed by atoms with Crippen molar-refractivity contribution in [2.24, 2.45) is 0 Å². The molecule has 11 heavy (non-hydrogen) atoms. The maximum atomic E-state index is 8.51. The second kappa shape index (κ2) is 2.10. The van der Waals surface area contributed by atoms with Crippen LogP contribution in [0.15, 0.2) is 30.6 Å². The van der Waals surface area contributed by atoms with Crippen molar-refractivity contribution in [2.45, 2.75) is 0 Å². The third kappa shape index (κ3) is 0.849. The van der Waals surface area contributed by atoms with E-state index in [0.717, 1.165) is 5.65 Å². The molecule has 0 atom stereocenters. The van der Waals surface area contributed by atoms with Gasteiger partial charge >= 0.3 is 0 Å². The monoisotopic (exact) mass is 143 g/mol. The summed E-state index contributed by atoms with van der Waals surface area (Å²) in [5, 5.41) is 8.51. The van der Waals surface area contributed by atoms with Crippen LogP contribution in [-0.2, 0) is 0 Å². The number of aromatic nitrogens is 2. The van der Waals surface area contributed by atoms with E-state index in [1.54, 1.807) is 6.20 Å². The molecule has 0 unspecified atom stereocenters. The molecule has 0 N–H and O–H groups in total. The van der Waals surface area contributed by atoms with Gasteiger partial charge in [0.25, 0.3) is 0 Å². The fourth-order valence-corrected chi connectivity index (χ4v) is 0.989. The van der Waals surface area contributed by atoms with Gasteiger partial charge in [-0.15, -0.1) is 0 Å². The predicted octanol–water partition coefficient (Wildman–Crippen LogP) is 1.21. The number of imidazole rings is 1. The first kappa shape index (κ1) is 5.93. The predicted molar refractivity (Wildman–Crippen MR) is 39.9 cm³/mol. The molecule has 0 aliphatic rings. The molecule has 0 radical (unpaired) electrons. The van der Waals surface area contributed by atoms with Crippen LogP contribution in [0, 0.1) is 11.3 Å². The van der Waals surface area contributed by atoms with Crippen LogP contribution in [0.4, 0.5) is 0 Å². The Morgan fingerprint density at radius 3 is 3.09 bits per heavy atom. The number of hydrogen-bond acceptors (Lipinski definition) is 2. The maximum absolute atomic E-state index is 8.51. The lowest BCUT2D eigenvalue weighted by molar-refractivity contribution is 1.19. The highest BCUT2D eigenvalue weighted by molar-refractivity contribution is 5.41. The van der Waals surface area contributed by atoms with Crippen molar-refractivity contribution in [1.82, 2.24) is 9.38 Å². The molecule has 0 bridgehead atoms. The molecular formula is C8H5N3. The molecule has 0 spiro atoms. The van der Waals surface area contributed by atoms with Crippen molar-refractivity contribution < 1.29 is 0 Å². The largest absolute Gasteiger partial charge is 0.306 e. The van der Waals surface area contributed by atoms with Crippen LogP contribution in [-0.4, -0.2) is 9.38 Å². The third-order valence-electron chi connectivity index (χ3n) is 1.48. The van der Waals surface area contributed by atoms with Crippen molar-refractivity contribution >= 4 is 5.65 Å². The van der Waals surface area contributed by atoms with Crippen LogP contribution in [0.25, 0.3) is 5.65 Å². The van der Waals surface area contributed by atoms with Crippen LogP contribution >= 0.6 is 0 Å². The fraction of sp³-hybridized carbons (Fsp3) is 0. The molecule has 0 saturated heterocycles. The molecule has 3 nitrogen and oxygen atoms in total. The summed E-state index contributed by atoms with van der Waals surface area (Å²) < 4.78 is 1.82. The zero-order chi connectivity index (χ0) is 7.68. The van der Waals surface area contributed by atoms with E-state index in [2.05, 4.69) is 4.98 Å². The normalized spacial score (nSPS) is 9.73. The molecule has 3 heteroatoms. The van der Waals surface area contributed by atoms with Gasteiger partial charge in [-0.2, -0.15) is 5.26 Å². The van der Waals surface area contributed by atoms with Gasteiger partial charge in [0.1, 0.15) is 11.7 Å². The highest BCUT2D eigenvalue weighted by Crippen LogP contribution is 2.02. The minimum absolute atomic E-state index is 0.455. The smallest absolute Gasteiger partial charge is 0.159 e. The van der Waals surface area contributed by atoms with Crippen molar-refractivity contribution in [1.29, 1.82) is 5.26 Å². The molecule has 2 aromatic heterocycles. The average Bonchev–Trinajstić information content (AvgIpc) is 2.46. The molecule has 2 rings (SSSR count). The second-order valence-electron chi connectivity index (χ2n) is 2.20. The van der Waals surface area contributed by atoms with Gasteiger partial charge in [-0.25, -0.2) is 4.98 Å². The van der Waals surface area contributed by atoms with Crippen LogP contribution in [0.3, 0.4) is 0 Å². The van der Waals surface area contributed by atoms with Crippen molar-refractivity contribution in [3.8, 4) is 6.07 Å². The molecule has 0 amide bonds.